The molecule has 0 unspecified atom stereocenters. The Bertz CT molecular complexity index is 761. The van der Waals surface area contributed by atoms with E-state index in [1.807, 2.05) is 37.3 Å². The molecular formula is C22H30N4O3. The minimum absolute atomic E-state index is 0.159. The predicted molar refractivity (Wildman–Crippen MR) is 112 cm³/mol. The van der Waals surface area contributed by atoms with Crippen LogP contribution in [0.4, 0.5) is 4.79 Å². The predicted octanol–water partition coefficient (Wildman–Crippen LogP) is 3.56. The largest absolute Gasteiger partial charge is 0.490 e. The highest BCUT2D eigenvalue weighted by atomic mass is 16.5. The maximum Gasteiger partial charge on any atom is 0.315 e. The van der Waals surface area contributed by atoms with Crippen molar-refractivity contribution in [2.75, 3.05) is 32.8 Å². The second kappa shape index (κ2) is 11.3. The first-order chi connectivity index (χ1) is 14.2. The monoisotopic (exact) mass is 398 g/mol. The van der Waals surface area contributed by atoms with E-state index in [4.69, 9.17) is 9.47 Å². The molecule has 3 rings (SSSR count). The molecule has 0 aliphatic carbocycles. The number of benzene rings is 1. The molecule has 29 heavy (non-hydrogen) atoms. The van der Waals surface area contributed by atoms with Gasteiger partial charge < -0.3 is 25.0 Å². The lowest BCUT2D eigenvalue weighted by molar-refractivity contribution is 0.220. The summed E-state index contributed by atoms with van der Waals surface area (Å²) in [6, 6.07) is 11.0. The van der Waals surface area contributed by atoms with Crippen molar-refractivity contribution in [3.05, 3.63) is 48.2 Å². The third-order valence-corrected chi connectivity index (χ3v) is 4.78. The summed E-state index contributed by atoms with van der Waals surface area (Å²) in [5.74, 6) is 1.79. The van der Waals surface area contributed by atoms with E-state index in [2.05, 4.69) is 20.5 Å². The fourth-order valence-electron chi connectivity index (χ4n) is 3.25. The maximum absolute atomic E-state index is 12.0. The number of nitrogens with zero attached hydrogens (tertiary/aromatic N) is 2. The molecule has 0 atom stereocenters. The summed E-state index contributed by atoms with van der Waals surface area (Å²) in [4.78, 5) is 18.7. The molecule has 0 bridgehead atoms. The lowest BCUT2D eigenvalue weighted by Gasteiger charge is -2.26. The second-order valence-electron chi connectivity index (χ2n) is 7.00. The number of carbonyl (C=O) groups excluding carboxylic acids is 1. The number of amides is 2. The number of carbonyl (C=O) groups is 1. The summed E-state index contributed by atoms with van der Waals surface area (Å²) in [7, 11) is 0. The molecule has 1 aromatic heterocycles. The van der Waals surface area contributed by atoms with E-state index in [0.29, 0.717) is 37.1 Å². The Morgan fingerprint density at radius 3 is 2.59 bits per heavy atom. The van der Waals surface area contributed by atoms with Gasteiger partial charge in [-0.05, 0) is 50.6 Å². The van der Waals surface area contributed by atoms with Crippen LogP contribution in [0.3, 0.4) is 0 Å². The van der Waals surface area contributed by atoms with Crippen LogP contribution in [0.1, 0.15) is 31.7 Å². The molecule has 2 N–H and O–H groups in total. The molecule has 2 amide bonds. The molecule has 0 radical (unpaired) electrons. The molecule has 0 spiro atoms. The Balaban J connectivity index is 1.40. The maximum atomic E-state index is 12.0. The number of pyridine rings is 1. The first-order valence-corrected chi connectivity index (χ1v) is 10.3. The van der Waals surface area contributed by atoms with E-state index in [0.717, 1.165) is 25.2 Å². The standard InChI is InChI=1S/C22H30N4O3/c1-2-28-19-8-4-5-9-20(19)29-21-11-10-18(16-24-21)17-25-22(27)23-12-15-26-13-6-3-7-14-26/h4-5,8-11,16H,2-3,6-7,12-15,17H2,1H3,(H2,23,25,27). The zero-order valence-electron chi connectivity index (χ0n) is 17.0. The Morgan fingerprint density at radius 2 is 1.86 bits per heavy atom. The summed E-state index contributed by atoms with van der Waals surface area (Å²) in [6.45, 7) is 6.76. The van der Waals surface area contributed by atoms with Gasteiger partial charge in [0, 0.05) is 31.9 Å². The van der Waals surface area contributed by atoms with Gasteiger partial charge in [-0.1, -0.05) is 24.6 Å². The van der Waals surface area contributed by atoms with Crippen molar-refractivity contribution in [3.8, 4) is 17.4 Å². The summed E-state index contributed by atoms with van der Waals surface area (Å²) < 4.78 is 11.4. The Kier molecular flexibility index (Phi) is 8.12. The Labute approximate surface area is 172 Å². The van der Waals surface area contributed by atoms with Crippen LogP contribution in [-0.4, -0.2) is 48.7 Å². The van der Waals surface area contributed by atoms with Gasteiger partial charge in [0.15, 0.2) is 11.5 Å². The highest BCUT2D eigenvalue weighted by Crippen LogP contribution is 2.30. The van der Waals surface area contributed by atoms with Crippen LogP contribution in [-0.2, 0) is 6.54 Å². The van der Waals surface area contributed by atoms with Gasteiger partial charge in [0.2, 0.25) is 5.88 Å². The van der Waals surface area contributed by atoms with Crippen LogP contribution in [0.25, 0.3) is 0 Å². The zero-order chi connectivity index (χ0) is 20.3. The van der Waals surface area contributed by atoms with Gasteiger partial charge in [-0.3, -0.25) is 0 Å². The number of hydrogen-bond donors (Lipinski definition) is 2. The van der Waals surface area contributed by atoms with Crippen molar-refractivity contribution >= 4 is 6.03 Å². The molecule has 0 saturated carbocycles. The fourth-order valence-corrected chi connectivity index (χ4v) is 3.25. The van der Waals surface area contributed by atoms with Crippen molar-refractivity contribution < 1.29 is 14.3 Å². The van der Waals surface area contributed by atoms with Crippen LogP contribution in [0.2, 0.25) is 0 Å². The van der Waals surface area contributed by atoms with E-state index in [9.17, 15) is 4.79 Å². The zero-order valence-corrected chi connectivity index (χ0v) is 17.0. The number of likely N-dealkylation sites (tertiary alicyclic amines) is 1. The Hall–Kier alpha value is -2.80. The van der Waals surface area contributed by atoms with Crippen LogP contribution in [0, 0.1) is 0 Å². The van der Waals surface area contributed by atoms with Crippen molar-refractivity contribution in [2.45, 2.75) is 32.7 Å². The summed E-state index contributed by atoms with van der Waals surface area (Å²) in [6.07, 6.45) is 5.54. The van der Waals surface area contributed by atoms with Gasteiger partial charge in [0.25, 0.3) is 0 Å². The molecular weight excluding hydrogens is 368 g/mol. The number of rotatable bonds is 9. The van der Waals surface area contributed by atoms with E-state index >= 15 is 0 Å². The number of piperidine rings is 1. The number of aromatic nitrogens is 1. The number of nitrogens with one attached hydrogen (secondary N) is 2. The highest BCUT2D eigenvalue weighted by Gasteiger charge is 2.10. The molecule has 7 nitrogen and oxygen atoms in total. The minimum Gasteiger partial charge on any atom is -0.490 e. The lowest BCUT2D eigenvalue weighted by atomic mass is 10.1. The first-order valence-electron chi connectivity index (χ1n) is 10.3. The topological polar surface area (TPSA) is 75.7 Å². The van der Waals surface area contributed by atoms with Crippen molar-refractivity contribution in [2.24, 2.45) is 0 Å². The number of para-hydroxylation sites is 2. The molecule has 2 aromatic rings. The average molecular weight is 399 g/mol. The van der Waals surface area contributed by atoms with Crippen LogP contribution < -0.4 is 20.1 Å². The van der Waals surface area contributed by atoms with Gasteiger partial charge in [-0.15, -0.1) is 0 Å². The van der Waals surface area contributed by atoms with E-state index in [1.165, 1.54) is 19.3 Å². The molecule has 1 fully saturated rings. The van der Waals surface area contributed by atoms with Crippen LogP contribution in [0.15, 0.2) is 42.6 Å². The lowest BCUT2D eigenvalue weighted by Crippen LogP contribution is -2.41. The molecule has 156 valence electrons. The Morgan fingerprint density at radius 1 is 1.07 bits per heavy atom. The summed E-state index contributed by atoms with van der Waals surface area (Å²) in [5.41, 5.74) is 0.904. The quantitative estimate of drug-likeness (QED) is 0.676. The van der Waals surface area contributed by atoms with Crippen molar-refractivity contribution in [1.82, 2.24) is 20.5 Å². The number of urea groups is 1. The van der Waals surface area contributed by atoms with Gasteiger partial charge >= 0.3 is 6.03 Å². The van der Waals surface area contributed by atoms with Gasteiger partial charge in [-0.2, -0.15) is 0 Å². The van der Waals surface area contributed by atoms with E-state index in [1.54, 1.807) is 12.3 Å². The third-order valence-electron chi connectivity index (χ3n) is 4.78. The SMILES string of the molecule is CCOc1ccccc1Oc1ccc(CNC(=O)NCCN2CCCCC2)cn1. The molecule has 1 aliphatic heterocycles. The minimum atomic E-state index is -0.159. The first kappa shape index (κ1) is 20.9. The average Bonchev–Trinajstić information content (AvgIpc) is 2.76. The number of hydrogen-bond acceptors (Lipinski definition) is 5. The fraction of sp³-hybridized carbons (Fsp3) is 0.455. The normalized spacial score (nSPS) is 14.2. The summed E-state index contributed by atoms with van der Waals surface area (Å²) >= 11 is 0. The van der Waals surface area contributed by atoms with E-state index in [-0.39, 0.29) is 6.03 Å². The van der Waals surface area contributed by atoms with Crippen molar-refractivity contribution in [1.29, 1.82) is 0 Å². The van der Waals surface area contributed by atoms with Crippen molar-refractivity contribution in [3.63, 3.8) is 0 Å². The number of ether oxygens (including phenoxy) is 2. The molecule has 1 aliphatic rings. The van der Waals surface area contributed by atoms with Crippen LogP contribution >= 0.6 is 0 Å². The third kappa shape index (κ3) is 6.94. The molecule has 1 aromatic carbocycles. The molecule has 2 heterocycles. The molecule has 7 heteroatoms. The van der Waals surface area contributed by atoms with Gasteiger partial charge in [0.05, 0.1) is 6.61 Å². The smallest absolute Gasteiger partial charge is 0.315 e. The van der Waals surface area contributed by atoms with Crippen LogP contribution in [0.5, 0.6) is 17.4 Å². The van der Waals surface area contributed by atoms with Gasteiger partial charge in [-0.25, -0.2) is 9.78 Å². The summed E-state index contributed by atoms with van der Waals surface area (Å²) in [5, 5.41) is 5.77. The van der Waals surface area contributed by atoms with E-state index < -0.39 is 0 Å². The highest BCUT2D eigenvalue weighted by molar-refractivity contribution is 5.73. The molecule has 1 saturated heterocycles. The van der Waals surface area contributed by atoms with Gasteiger partial charge in [0.1, 0.15) is 0 Å². The second-order valence-corrected chi connectivity index (χ2v) is 7.00.